The fraction of sp³-hybridized carbons (Fsp3) is 0.478. The first-order chi connectivity index (χ1) is 15.7. The molecule has 2 N–H and O–H groups in total. The molecule has 4 rings (SSSR count). The lowest BCUT2D eigenvalue weighted by Gasteiger charge is -2.33. The zero-order valence-corrected chi connectivity index (χ0v) is 19.9. The van der Waals surface area contributed by atoms with Crippen LogP contribution < -0.4 is 0 Å². The van der Waals surface area contributed by atoms with E-state index < -0.39 is 6.09 Å². The highest BCUT2D eigenvalue weighted by Crippen LogP contribution is 2.37. The Balaban J connectivity index is 1.54. The highest BCUT2D eigenvalue weighted by molar-refractivity contribution is 7.10. The summed E-state index contributed by atoms with van der Waals surface area (Å²) in [6.07, 6.45) is -1.02. The second-order valence-electron chi connectivity index (χ2n) is 9.26. The molecule has 0 aliphatic carbocycles. The summed E-state index contributed by atoms with van der Waals surface area (Å²) in [5.74, 6) is 0.300. The van der Waals surface area contributed by atoms with Crippen LogP contribution in [-0.4, -0.2) is 74.7 Å². The van der Waals surface area contributed by atoms with Gasteiger partial charge in [0.1, 0.15) is 11.5 Å². The van der Waals surface area contributed by atoms with Gasteiger partial charge in [-0.2, -0.15) is 0 Å². The van der Waals surface area contributed by atoms with E-state index in [2.05, 4.69) is 35.7 Å². The first-order valence-corrected chi connectivity index (χ1v) is 11.8. The number of carbonyl (C=O) groups excluding carboxylic acids is 1. The summed E-state index contributed by atoms with van der Waals surface area (Å²) < 4.78 is 5.33. The Bertz CT molecular complexity index is 1100. The molecule has 1 saturated heterocycles. The van der Waals surface area contributed by atoms with Crippen molar-refractivity contribution < 1.29 is 19.4 Å². The molecule has 0 bridgehead atoms. The number of H-pyrrole nitrogens is 1. The smallest absolute Gasteiger partial charge is 0.407 e. The molecule has 176 valence electrons. The van der Waals surface area contributed by atoms with Gasteiger partial charge in [0.25, 0.3) is 5.91 Å². The van der Waals surface area contributed by atoms with Crippen LogP contribution >= 0.6 is 11.3 Å². The molecule has 0 saturated carbocycles. The number of carbonyl (C=O) groups is 2. The largest absolute Gasteiger partial charge is 0.465 e. The number of carboxylic acid groups (broad SMARTS) is 1. The summed E-state index contributed by atoms with van der Waals surface area (Å²) in [7, 11) is 0. The molecule has 2 aromatic heterocycles. The minimum absolute atomic E-state index is 0.106. The van der Waals surface area contributed by atoms with Crippen LogP contribution in [0.3, 0.4) is 0 Å². The number of hydrogen-bond acceptors (Lipinski definition) is 6. The van der Waals surface area contributed by atoms with E-state index in [1.807, 2.05) is 24.3 Å². The summed E-state index contributed by atoms with van der Waals surface area (Å²) in [4.78, 5) is 40.4. The van der Waals surface area contributed by atoms with E-state index in [0.29, 0.717) is 37.8 Å². The SMILES string of the molecule is CC(C)(C)C(CN(Cc1nc2ccccc2[nH]1)C(=O)O)c1nc(C(=O)N2CCOCC2)cs1. The molecule has 1 fully saturated rings. The molecule has 1 aromatic carbocycles. The Labute approximate surface area is 196 Å². The number of aromatic amines is 1. The standard InChI is InChI=1S/C23H29N5O4S/c1-23(2,3)15(20-26-18(14-33-20)21(29)27-8-10-32-11-9-27)12-28(22(30)31)13-19-24-16-6-4-5-7-17(16)25-19/h4-7,14-15H,8-13H2,1-3H3,(H,24,25)(H,30,31). The Morgan fingerprint density at radius 2 is 1.97 bits per heavy atom. The second-order valence-corrected chi connectivity index (χ2v) is 10.1. The van der Waals surface area contributed by atoms with Gasteiger partial charge in [0.15, 0.2) is 0 Å². The van der Waals surface area contributed by atoms with Crippen LogP contribution in [0.2, 0.25) is 0 Å². The van der Waals surface area contributed by atoms with Crippen molar-refractivity contribution in [3.63, 3.8) is 0 Å². The van der Waals surface area contributed by atoms with Crippen molar-refractivity contribution in [1.82, 2.24) is 24.8 Å². The lowest BCUT2D eigenvalue weighted by atomic mass is 9.80. The number of thiazole rings is 1. The molecule has 1 atom stereocenters. The summed E-state index contributed by atoms with van der Waals surface area (Å²) in [5.41, 5.74) is 1.82. The Kier molecular flexibility index (Phi) is 6.66. The highest BCUT2D eigenvalue weighted by Gasteiger charge is 2.33. The summed E-state index contributed by atoms with van der Waals surface area (Å²) in [6, 6.07) is 7.61. The van der Waals surface area contributed by atoms with E-state index in [4.69, 9.17) is 4.74 Å². The van der Waals surface area contributed by atoms with Crippen molar-refractivity contribution in [1.29, 1.82) is 0 Å². The third kappa shape index (κ3) is 5.33. The van der Waals surface area contributed by atoms with Crippen molar-refractivity contribution in [2.24, 2.45) is 5.41 Å². The zero-order valence-electron chi connectivity index (χ0n) is 19.1. The summed E-state index contributed by atoms with van der Waals surface area (Å²) in [5, 5.41) is 12.5. The lowest BCUT2D eigenvalue weighted by molar-refractivity contribution is 0.0299. The lowest BCUT2D eigenvalue weighted by Crippen LogP contribution is -2.41. The zero-order chi connectivity index (χ0) is 23.6. The van der Waals surface area contributed by atoms with Gasteiger partial charge >= 0.3 is 6.09 Å². The number of rotatable bonds is 6. The van der Waals surface area contributed by atoms with Gasteiger partial charge in [-0.05, 0) is 17.5 Å². The molecule has 3 aromatic rings. The first-order valence-electron chi connectivity index (χ1n) is 11.0. The van der Waals surface area contributed by atoms with Gasteiger partial charge in [-0.15, -0.1) is 11.3 Å². The van der Waals surface area contributed by atoms with Crippen LogP contribution in [0.25, 0.3) is 11.0 Å². The van der Waals surface area contributed by atoms with Crippen LogP contribution in [0.5, 0.6) is 0 Å². The molecule has 0 radical (unpaired) electrons. The molecular weight excluding hydrogens is 442 g/mol. The molecular formula is C23H29N5O4S. The minimum Gasteiger partial charge on any atom is -0.465 e. The average molecular weight is 472 g/mol. The molecule has 3 heterocycles. The Hall–Kier alpha value is -2.98. The molecule has 1 unspecified atom stereocenters. The van der Waals surface area contributed by atoms with Crippen molar-refractivity contribution in [2.45, 2.75) is 33.2 Å². The van der Waals surface area contributed by atoms with E-state index in [9.17, 15) is 14.7 Å². The van der Waals surface area contributed by atoms with E-state index in [1.165, 1.54) is 16.2 Å². The molecule has 9 nitrogen and oxygen atoms in total. The van der Waals surface area contributed by atoms with Crippen LogP contribution in [0, 0.1) is 5.41 Å². The first kappa shape index (κ1) is 23.2. The average Bonchev–Trinajstić information content (AvgIpc) is 3.42. The molecule has 2 amide bonds. The Morgan fingerprint density at radius 3 is 2.64 bits per heavy atom. The van der Waals surface area contributed by atoms with E-state index in [-0.39, 0.29) is 30.3 Å². The molecule has 1 aliphatic heterocycles. The topological polar surface area (TPSA) is 112 Å². The van der Waals surface area contributed by atoms with Crippen LogP contribution in [0.4, 0.5) is 4.79 Å². The number of benzene rings is 1. The van der Waals surface area contributed by atoms with Crippen LogP contribution in [0.15, 0.2) is 29.6 Å². The number of para-hydroxylation sites is 2. The number of ether oxygens (including phenoxy) is 1. The van der Waals surface area contributed by atoms with Crippen molar-refractivity contribution in [2.75, 3.05) is 32.8 Å². The normalized spacial score (nSPS) is 15.5. The fourth-order valence-electron chi connectivity index (χ4n) is 3.89. The number of fused-ring (bicyclic) bond motifs is 1. The van der Waals surface area contributed by atoms with Crippen molar-refractivity contribution >= 4 is 34.4 Å². The maximum absolute atomic E-state index is 12.8. The number of aromatic nitrogens is 3. The summed E-state index contributed by atoms with van der Waals surface area (Å²) in [6.45, 7) is 8.73. The van der Waals surface area contributed by atoms with Crippen molar-refractivity contribution in [3.05, 3.63) is 46.2 Å². The van der Waals surface area contributed by atoms with E-state index >= 15 is 0 Å². The van der Waals surface area contributed by atoms with Crippen LogP contribution in [0.1, 0.15) is 48.0 Å². The predicted octanol–water partition coefficient (Wildman–Crippen LogP) is 3.80. The summed E-state index contributed by atoms with van der Waals surface area (Å²) >= 11 is 1.41. The van der Waals surface area contributed by atoms with E-state index in [1.54, 1.807) is 10.3 Å². The van der Waals surface area contributed by atoms with Gasteiger partial charge < -0.3 is 24.6 Å². The third-order valence-corrected chi connectivity index (χ3v) is 6.79. The molecule has 33 heavy (non-hydrogen) atoms. The van der Waals surface area contributed by atoms with Gasteiger partial charge in [0.2, 0.25) is 0 Å². The number of nitrogens with one attached hydrogen (secondary N) is 1. The van der Waals surface area contributed by atoms with Gasteiger partial charge in [0.05, 0.1) is 35.8 Å². The van der Waals surface area contributed by atoms with Crippen LogP contribution in [-0.2, 0) is 11.3 Å². The third-order valence-electron chi connectivity index (χ3n) is 5.84. The quantitative estimate of drug-likeness (QED) is 0.566. The van der Waals surface area contributed by atoms with Gasteiger partial charge in [-0.3, -0.25) is 4.79 Å². The maximum atomic E-state index is 12.8. The molecule has 1 aliphatic rings. The van der Waals surface area contributed by atoms with Gasteiger partial charge in [0, 0.05) is 30.9 Å². The molecule has 10 heteroatoms. The predicted molar refractivity (Wildman–Crippen MR) is 126 cm³/mol. The highest BCUT2D eigenvalue weighted by atomic mass is 32.1. The maximum Gasteiger partial charge on any atom is 0.407 e. The second kappa shape index (κ2) is 9.48. The van der Waals surface area contributed by atoms with Gasteiger partial charge in [-0.1, -0.05) is 32.9 Å². The number of hydrogen-bond donors (Lipinski definition) is 2. The number of imidazole rings is 1. The Morgan fingerprint density at radius 1 is 1.24 bits per heavy atom. The number of nitrogens with zero attached hydrogens (tertiary/aromatic N) is 4. The number of morpholine rings is 1. The minimum atomic E-state index is -1.02. The van der Waals surface area contributed by atoms with Crippen molar-refractivity contribution in [3.8, 4) is 0 Å². The van der Waals surface area contributed by atoms with Gasteiger partial charge in [-0.25, -0.2) is 14.8 Å². The van der Waals surface area contributed by atoms with E-state index in [0.717, 1.165) is 16.0 Å². The monoisotopic (exact) mass is 471 g/mol. The fourth-order valence-corrected chi connectivity index (χ4v) is 5.02. The number of amides is 2. The molecule has 0 spiro atoms.